The lowest BCUT2D eigenvalue weighted by Gasteiger charge is -2.44. The Hall–Kier alpha value is -2.15. The van der Waals surface area contributed by atoms with Crippen molar-refractivity contribution in [3.05, 3.63) is 96.6 Å². The monoisotopic (exact) mass is 417 g/mol. The Kier molecular flexibility index (Phi) is 6.27. The molecule has 0 heterocycles. The SMILES string of the molecule is CC(C)(c1ccccc1)[C@@H]1CCCC[C@H]1NP(=O)(c1ccccc1)c1ccccc1. The zero-order chi connectivity index (χ0) is 21.0. The van der Waals surface area contributed by atoms with Crippen LogP contribution in [0.3, 0.4) is 0 Å². The van der Waals surface area contributed by atoms with Crippen LogP contribution in [0.1, 0.15) is 45.1 Å². The molecule has 30 heavy (non-hydrogen) atoms. The summed E-state index contributed by atoms with van der Waals surface area (Å²) >= 11 is 0. The first kappa shape index (κ1) is 21.1. The molecule has 1 aliphatic carbocycles. The Morgan fingerprint density at radius 2 is 1.20 bits per heavy atom. The molecule has 1 fully saturated rings. The summed E-state index contributed by atoms with van der Waals surface area (Å²) in [5.74, 6) is 0.425. The normalized spacial score (nSPS) is 20.1. The van der Waals surface area contributed by atoms with Crippen molar-refractivity contribution in [3.63, 3.8) is 0 Å². The Balaban J connectivity index is 1.72. The molecule has 4 rings (SSSR count). The van der Waals surface area contributed by atoms with Crippen molar-refractivity contribution in [1.82, 2.24) is 5.09 Å². The van der Waals surface area contributed by atoms with Crippen LogP contribution in [0.2, 0.25) is 0 Å². The van der Waals surface area contributed by atoms with Gasteiger partial charge in [-0.1, -0.05) is 93.4 Å². The standard InChI is InChI=1S/C27H32NOP/c1-27(2,22-14-6-3-7-15-22)25-20-12-13-21-26(25)28-30(29,23-16-8-4-9-17-23)24-18-10-5-11-19-24/h3-11,14-19,25-26H,12-13,20-21H2,1-2H3,(H,28,29)/t25-,26-/m1/s1. The van der Waals surface area contributed by atoms with Crippen LogP contribution in [0.25, 0.3) is 0 Å². The van der Waals surface area contributed by atoms with E-state index in [1.807, 2.05) is 60.7 Å². The van der Waals surface area contributed by atoms with E-state index in [1.54, 1.807) is 0 Å². The lowest BCUT2D eigenvalue weighted by molar-refractivity contribution is 0.192. The van der Waals surface area contributed by atoms with E-state index in [2.05, 4.69) is 49.3 Å². The van der Waals surface area contributed by atoms with Crippen LogP contribution in [-0.4, -0.2) is 6.04 Å². The van der Waals surface area contributed by atoms with Crippen LogP contribution < -0.4 is 15.7 Å². The largest absolute Gasteiger partial charge is 0.297 e. The summed E-state index contributed by atoms with van der Waals surface area (Å²) in [6.45, 7) is 4.70. The lowest BCUT2D eigenvalue weighted by atomic mass is 9.65. The van der Waals surface area contributed by atoms with Gasteiger partial charge < -0.3 is 0 Å². The fraction of sp³-hybridized carbons (Fsp3) is 0.333. The fourth-order valence-electron chi connectivity index (χ4n) is 5.04. The van der Waals surface area contributed by atoms with Crippen molar-refractivity contribution in [2.75, 3.05) is 0 Å². The predicted molar refractivity (Wildman–Crippen MR) is 128 cm³/mol. The third-order valence-electron chi connectivity index (χ3n) is 6.80. The van der Waals surface area contributed by atoms with Gasteiger partial charge in [0.05, 0.1) is 0 Å². The van der Waals surface area contributed by atoms with Crippen molar-refractivity contribution < 1.29 is 4.57 Å². The van der Waals surface area contributed by atoms with Crippen LogP contribution >= 0.6 is 7.29 Å². The summed E-state index contributed by atoms with van der Waals surface area (Å²) in [6.07, 6.45) is 4.64. The van der Waals surface area contributed by atoms with Gasteiger partial charge in [-0.25, -0.2) is 0 Å². The van der Waals surface area contributed by atoms with Gasteiger partial charge in [0.15, 0.2) is 0 Å². The molecule has 1 saturated carbocycles. The summed E-state index contributed by atoms with van der Waals surface area (Å²) in [4.78, 5) is 0. The van der Waals surface area contributed by atoms with Crippen molar-refractivity contribution in [1.29, 1.82) is 0 Å². The minimum Gasteiger partial charge on any atom is -0.297 e. The molecule has 0 aromatic heterocycles. The quantitative estimate of drug-likeness (QED) is 0.495. The lowest BCUT2D eigenvalue weighted by Crippen LogP contribution is -2.48. The third-order valence-corrected chi connectivity index (χ3v) is 9.54. The molecule has 3 aromatic carbocycles. The van der Waals surface area contributed by atoms with Gasteiger partial charge in [0.25, 0.3) is 0 Å². The van der Waals surface area contributed by atoms with E-state index in [0.717, 1.165) is 23.5 Å². The number of benzene rings is 3. The molecule has 0 amide bonds. The molecule has 3 aromatic rings. The topological polar surface area (TPSA) is 29.1 Å². The van der Waals surface area contributed by atoms with E-state index in [0.29, 0.717) is 5.92 Å². The van der Waals surface area contributed by atoms with Crippen LogP contribution in [0, 0.1) is 5.92 Å². The second-order valence-corrected chi connectivity index (χ2v) is 11.5. The van der Waals surface area contributed by atoms with Gasteiger partial charge >= 0.3 is 0 Å². The second-order valence-electron chi connectivity index (χ2n) is 8.99. The number of nitrogens with one attached hydrogen (secondary N) is 1. The van der Waals surface area contributed by atoms with E-state index in [-0.39, 0.29) is 11.5 Å². The summed E-state index contributed by atoms with van der Waals surface area (Å²) < 4.78 is 14.6. The highest BCUT2D eigenvalue weighted by Crippen LogP contribution is 2.46. The molecule has 2 nitrogen and oxygen atoms in total. The Morgan fingerprint density at radius 3 is 1.73 bits per heavy atom. The summed E-state index contributed by atoms with van der Waals surface area (Å²) in [5.41, 5.74) is 1.37. The highest BCUT2D eigenvalue weighted by molar-refractivity contribution is 7.76. The van der Waals surface area contributed by atoms with Crippen molar-refractivity contribution >= 4 is 17.9 Å². The number of rotatable bonds is 6. The molecule has 0 spiro atoms. The molecule has 156 valence electrons. The van der Waals surface area contributed by atoms with Crippen molar-refractivity contribution in [2.45, 2.75) is 51.0 Å². The molecule has 3 heteroatoms. The molecule has 1 N–H and O–H groups in total. The highest BCUT2D eigenvalue weighted by atomic mass is 31.2. The minimum absolute atomic E-state index is 0.0115. The molecule has 1 aliphatic rings. The summed E-state index contributed by atoms with van der Waals surface area (Å²) in [6, 6.07) is 30.9. The van der Waals surface area contributed by atoms with E-state index >= 15 is 0 Å². The second kappa shape index (κ2) is 8.92. The smallest absolute Gasteiger partial charge is 0.204 e. The zero-order valence-corrected chi connectivity index (χ0v) is 18.9. The van der Waals surface area contributed by atoms with Crippen LogP contribution in [-0.2, 0) is 9.98 Å². The van der Waals surface area contributed by atoms with Crippen molar-refractivity contribution in [3.8, 4) is 0 Å². The first-order valence-electron chi connectivity index (χ1n) is 11.1. The minimum atomic E-state index is -2.94. The Bertz CT molecular complexity index is 942. The first-order valence-corrected chi connectivity index (χ1v) is 12.8. The summed E-state index contributed by atoms with van der Waals surface area (Å²) in [7, 11) is -2.94. The van der Waals surface area contributed by atoms with Gasteiger partial charge in [-0.3, -0.25) is 9.65 Å². The molecule has 2 atom stereocenters. The van der Waals surface area contributed by atoms with Gasteiger partial charge in [0.1, 0.15) is 0 Å². The zero-order valence-electron chi connectivity index (χ0n) is 18.0. The molecule has 0 bridgehead atoms. The first-order chi connectivity index (χ1) is 14.5. The fourth-order valence-corrected chi connectivity index (χ4v) is 7.59. The Morgan fingerprint density at radius 1 is 0.733 bits per heavy atom. The molecule has 0 unspecified atom stereocenters. The molecule has 0 aliphatic heterocycles. The summed E-state index contributed by atoms with van der Waals surface area (Å²) in [5, 5.41) is 5.52. The number of hydrogen-bond acceptors (Lipinski definition) is 1. The number of hydrogen-bond donors (Lipinski definition) is 1. The van der Waals surface area contributed by atoms with Gasteiger partial charge in [0, 0.05) is 16.7 Å². The van der Waals surface area contributed by atoms with Crippen LogP contribution in [0.5, 0.6) is 0 Å². The average Bonchev–Trinajstić information content (AvgIpc) is 2.81. The van der Waals surface area contributed by atoms with Crippen molar-refractivity contribution in [2.24, 2.45) is 5.92 Å². The maximum atomic E-state index is 14.6. The van der Waals surface area contributed by atoms with E-state index in [9.17, 15) is 4.57 Å². The molecular formula is C27H32NOP. The molecule has 0 radical (unpaired) electrons. The maximum Gasteiger partial charge on any atom is 0.204 e. The van der Waals surface area contributed by atoms with Crippen LogP contribution in [0.4, 0.5) is 0 Å². The molecule has 0 saturated heterocycles. The van der Waals surface area contributed by atoms with Gasteiger partial charge in [-0.15, -0.1) is 0 Å². The third kappa shape index (κ3) is 4.17. The van der Waals surface area contributed by atoms with Gasteiger partial charge in [-0.05, 0) is 54.0 Å². The Labute approximate surface area is 181 Å². The van der Waals surface area contributed by atoms with Crippen LogP contribution in [0.15, 0.2) is 91.0 Å². The van der Waals surface area contributed by atoms with Gasteiger partial charge in [-0.2, -0.15) is 0 Å². The highest BCUT2D eigenvalue weighted by Gasteiger charge is 2.41. The predicted octanol–water partition coefficient (Wildman–Crippen LogP) is 6.04. The van der Waals surface area contributed by atoms with Gasteiger partial charge in [0.2, 0.25) is 7.29 Å². The van der Waals surface area contributed by atoms with E-state index in [4.69, 9.17) is 0 Å². The van der Waals surface area contributed by atoms with E-state index < -0.39 is 7.29 Å². The maximum absolute atomic E-state index is 14.6. The average molecular weight is 418 g/mol. The molecular weight excluding hydrogens is 385 g/mol. The van der Waals surface area contributed by atoms with E-state index in [1.165, 1.54) is 18.4 Å².